The Kier molecular flexibility index (Phi) is 1.12. The lowest BCUT2D eigenvalue weighted by Crippen LogP contribution is -1.89. The van der Waals surface area contributed by atoms with E-state index in [1.807, 2.05) is 0 Å². The number of carbonyl (C=O) groups excluding carboxylic acids is 1. The van der Waals surface area contributed by atoms with Crippen molar-refractivity contribution in [2.75, 3.05) is 0 Å². The molecule has 0 aliphatic rings. The standard InChI is InChI=1S/C5H4NO2/c1-4(7)5-6-2-3-8-5/h3H,1H3. The lowest BCUT2D eigenvalue weighted by molar-refractivity contribution is 0.0981. The predicted octanol–water partition coefficient (Wildman–Crippen LogP) is 0.677. The first-order valence-electron chi connectivity index (χ1n) is 2.13. The summed E-state index contributed by atoms with van der Waals surface area (Å²) in [5, 5.41) is 0. The zero-order chi connectivity index (χ0) is 5.98. The summed E-state index contributed by atoms with van der Waals surface area (Å²) in [5.74, 6) is -0.0590. The van der Waals surface area contributed by atoms with Gasteiger partial charge in [-0.1, -0.05) is 0 Å². The van der Waals surface area contributed by atoms with E-state index in [1.165, 1.54) is 13.2 Å². The minimum atomic E-state index is -0.175. The van der Waals surface area contributed by atoms with Crippen molar-refractivity contribution in [1.29, 1.82) is 0 Å². The van der Waals surface area contributed by atoms with E-state index >= 15 is 0 Å². The van der Waals surface area contributed by atoms with Crippen molar-refractivity contribution in [1.82, 2.24) is 4.98 Å². The van der Waals surface area contributed by atoms with Gasteiger partial charge in [0.1, 0.15) is 12.5 Å². The molecule has 0 unspecified atom stereocenters. The Bertz CT molecular complexity index is 178. The van der Waals surface area contributed by atoms with E-state index in [1.54, 1.807) is 0 Å². The number of Topliss-reactive ketones (excluding diaryl/α,β-unsaturated/α-hetero) is 1. The molecule has 0 saturated carbocycles. The largest absolute Gasteiger partial charge is 0.442 e. The van der Waals surface area contributed by atoms with E-state index < -0.39 is 0 Å². The van der Waals surface area contributed by atoms with Crippen molar-refractivity contribution in [2.24, 2.45) is 0 Å². The van der Waals surface area contributed by atoms with Crippen LogP contribution in [0.3, 0.4) is 0 Å². The van der Waals surface area contributed by atoms with Crippen LogP contribution < -0.4 is 0 Å². The SMILES string of the molecule is CC(=O)c1n[c]co1. The summed E-state index contributed by atoms with van der Waals surface area (Å²) in [6, 6.07) is 0. The fourth-order valence-electron chi connectivity index (χ4n) is 0.355. The molecule has 0 aliphatic heterocycles. The molecule has 0 atom stereocenters. The van der Waals surface area contributed by atoms with Crippen molar-refractivity contribution in [3.05, 3.63) is 18.4 Å². The molecule has 0 saturated heterocycles. The predicted molar refractivity (Wildman–Crippen MR) is 25.3 cm³/mol. The van der Waals surface area contributed by atoms with Gasteiger partial charge < -0.3 is 4.42 Å². The number of ketones is 1. The van der Waals surface area contributed by atoms with Gasteiger partial charge in [0.2, 0.25) is 5.78 Å². The Labute approximate surface area is 46.3 Å². The molecular weight excluding hydrogens is 106 g/mol. The average molecular weight is 110 g/mol. The van der Waals surface area contributed by atoms with Crippen LogP contribution in [0.25, 0.3) is 0 Å². The second-order valence-corrected chi connectivity index (χ2v) is 1.34. The van der Waals surface area contributed by atoms with Crippen LogP contribution in [0.4, 0.5) is 0 Å². The first-order chi connectivity index (χ1) is 3.80. The second kappa shape index (κ2) is 1.78. The van der Waals surface area contributed by atoms with Gasteiger partial charge in [-0.3, -0.25) is 4.79 Å². The Morgan fingerprint density at radius 3 is 3.00 bits per heavy atom. The Balaban J connectivity index is 2.93. The lowest BCUT2D eigenvalue weighted by Gasteiger charge is -1.77. The fraction of sp³-hybridized carbons (Fsp3) is 0.200. The summed E-state index contributed by atoms with van der Waals surface area (Å²) in [6.45, 7) is 1.39. The van der Waals surface area contributed by atoms with Crippen LogP contribution in [-0.2, 0) is 0 Å². The zero-order valence-electron chi connectivity index (χ0n) is 4.34. The number of carbonyl (C=O) groups is 1. The van der Waals surface area contributed by atoms with Crippen molar-refractivity contribution >= 4 is 5.78 Å². The number of hydrogen-bond acceptors (Lipinski definition) is 3. The van der Waals surface area contributed by atoms with E-state index in [4.69, 9.17) is 0 Å². The highest BCUT2D eigenvalue weighted by Crippen LogP contribution is 1.92. The van der Waals surface area contributed by atoms with Gasteiger partial charge in [-0.2, -0.15) is 0 Å². The van der Waals surface area contributed by atoms with Crippen molar-refractivity contribution in [3.63, 3.8) is 0 Å². The molecule has 1 rings (SSSR count). The number of rotatable bonds is 1. The molecule has 0 fully saturated rings. The molecule has 3 heteroatoms. The summed E-state index contributed by atoms with van der Waals surface area (Å²) < 4.78 is 4.58. The molecule has 3 nitrogen and oxygen atoms in total. The maximum Gasteiger partial charge on any atom is 0.263 e. The fourth-order valence-corrected chi connectivity index (χ4v) is 0.355. The molecule has 8 heavy (non-hydrogen) atoms. The van der Waals surface area contributed by atoms with Crippen LogP contribution in [0.1, 0.15) is 17.6 Å². The summed E-state index contributed by atoms with van der Waals surface area (Å²) in [6.07, 6.45) is 3.62. The van der Waals surface area contributed by atoms with Gasteiger partial charge in [-0.05, 0) is 0 Å². The third-order valence-corrected chi connectivity index (χ3v) is 0.691. The molecular formula is C5H4NO2. The van der Waals surface area contributed by atoms with Crippen LogP contribution in [-0.4, -0.2) is 10.8 Å². The zero-order valence-corrected chi connectivity index (χ0v) is 4.34. The van der Waals surface area contributed by atoms with Crippen LogP contribution in [0.5, 0.6) is 0 Å². The molecule has 1 aromatic heterocycles. The van der Waals surface area contributed by atoms with Gasteiger partial charge in [0.25, 0.3) is 5.89 Å². The summed E-state index contributed by atoms with van der Waals surface area (Å²) >= 11 is 0. The number of aromatic nitrogens is 1. The van der Waals surface area contributed by atoms with E-state index in [9.17, 15) is 4.79 Å². The Morgan fingerprint density at radius 1 is 2.00 bits per heavy atom. The minimum absolute atomic E-state index is 0.116. The van der Waals surface area contributed by atoms with Crippen LogP contribution in [0.2, 0.25) is 0 Å². The molecule has 1 aromatic rings. The molecule has 0 amide bonds. The molecule has 1 heterocycles. The van der Waals surface area contributed by atoms with Crippen molar-refractivity contribution in [2.45, 2.75) is 6.92 Å². The molecule has 0 aromatic carbocycles. The topological polar surface area (TPSA) is 43.1 Å². The minimum Gasteiger partial charge on any atom is -0.442 e. The Morgan fingerprint density at radius 2 is 2.75 bits per heavy atom. The monoisotopic (exact) mass is 110 g/mol. The van der Waals surface area contributed by atoms with E-state index in [0.29, 0.717) is 0 Å². The Hall–Kier alpha value is -1.12. The quantitative estimate of drug-likeness (QED) is 0.499. The van der Waals surface area contributed by atoms with Crippen LogP contribution >= 0.6 is 0 Å². The molecule has 41 valence electrons. The van der Waals surface area contributed by atoms with Gasteiger partial charge in [-0.25, -0.2) is 4.98 Å². The maximum absolute atomic E-state index is 10.3. The van der Waals surface area contributed by atoms with E-state index in [0.717, 1.165) is 0 Å². The van der Waals surface area contributed by atoms with Gasteiger partial charge >= 0.3 is 0 Å². The first-order valence-corrected chi connectivity index (χ1v) is 2.13. The molecule has 0 aliphatic carbocycles. The number of oxazole rings is 1. The average Bonchev–Trinajstić information content (AvgIpc) is 2.12. The van der Waals surface area contributed by atoms with Crippen LogP contribution in [0.15, 0.2) is 10.7 Å². The summed E-state index contributed by atoms with van der Waals surface area (Å²) in [4.78, 5) is 13.8. The molecule has 0 spiro atoms. The van der Waals surface area contributed by atoms with Crippen molar-refractivity contribution in [3.8, 4) is 0 Å². The summed E-state index contributed by atoms with van der Waals surface area (Å²) in [7, 11) is 0. The highest BCUT2D eigenvalue weighted by atomic mass is 16.3. The molecule has 1 radical (unpaired) electrons. The molecule has 0 N–H and O–H groups in total. The highest BCUT2D eigenvalue weighted by Gasteiger charge is 2.00. The van der Waals surface area contributed by atoms with Gasteiger partial charge in [0.15, 0.2) is 0 Å². The maximum atomic E-state index is 10.3. The van der Waals surface area contributed by atoms with Crippen LogP contribution in [0, 0.1) is 6.20 Å². The number of nitrogens with zero attached hydrogens (tertiary/aromatic N) is 1. The smallest absolute Gasteiger partial charge is 0.263 e. The third-order valence-electron chi connectivity index (χ3n) is 0.691. The number of hydrogen-bond donors (Lipinski definition) is 0. The van der Waals surface area contributed by atoms with E-state index in [-0.39, 0.29) is 11.7 Å². The normalized spacial score (nSPS) is 9.12. The molecule has 0 bridgehead atoms. The summed E-state index contributed by atoms with van der Waals surface area (Å²) in [5.41, 5.74) is 0. The second-order valence-electron chi connectivity index (χ2n) is 1.34. The van der Waals surface area contributed by atoms with Gasteiger partial charge in [0, 0.05) is 6.92 Å². The third kappa shape index (κ3) is 0.753. The lowest BCUT2D eigenvalue weighted by atomic mass is 10.5. The van der Waals surface area contributed by atoms with Crippen molar-refractivity contribution < 1.29 is 9.21 Å². The first kappa shape index (κ1) is 5.03. The van der Waals surface area contributed by atoms with Gasteiger partial charge in [0.05, 0.1) is 0 Å². The van der Waals surface area contributed by atoms with E-state index in [2.05, 4.69) is 15.6 Å². The van der Waals surface area contributed by atoms with Gasteiger partial charge in [-0.15, -0.1) is 0 Å². The highest BCUT2D eigenvalue weighted by molar-refractivity contribution is 5.89.